The molecule has 0 bridgehead atoms. The van der Waals surface area contributed by atoms with E-state index in [-0.39, 0.29) is 0 Å². The fourth-order valence-electron chi connectivity index (χ4n) is 0.903. The van der Waals surface area contributed by atoms with Gasteiger partial charge in [0, 0.05) is 13.6 Å². The second-order valence-corrected chi connectivity index (χ2v) is 3.56. The van der Waals surface area contributed by atoms with Crippen LogP contribution in [0.15, 0.2) is 11.2 Å². The van der Waals surface area contributed by atoms with Crippen LogP contribution in [0, 0.1) is 10.1 Å². The predicted octanol–water partition coefficient (Wildman–Crippen LogP) is 2.16. The van der Waals surface area contributed by atoms with Gasteiger partial charge >= 0.3 is 0 Å². The van der Waals surface area contributed by atoms with Gasteiger partial charge in [-0.2, -0.15) is 0 Å². The molecule has 0 radical (unpaired) electrons. The van der Waals surface area contributed by atoms with Crippen LogP contribution >= 0.6 is 11.8 Å². The van der Waals surface area contributed by atoms with Gasteiger partial charge < -0.3 is 4.90 Å². The topological polar surface area (TPSA) is 46.4 Å². The summed E-state index contributed by atoms with van der Waals surface area (Å²) in [6.07, 6.45) is 5.06. The first-order chi connectivity index (χ1) is 6.11. The number of unbranched alkanes of at least 4 members (excludes halogenated alkanes) is 1. The van der Waals surface area contributed by atoms with Gasteiger partial charge in [0.05, 0.1) is 4.92 Å². The van der Waals surface area contributed by atoms with Crippen LogP contribution in [0.1, 0.15) is 19.8 Å². The first-order valence-electron chi connectivity index (χ1n) is 4.22. The summed E-state index contributed by atoms with van der Waals surface area (Å²) in [5.41, 5.74) is 0. The molecule has 0 aliphatic heterocycles. The number of nitrogens with zero attached hydrogens (tertiary/aromatic N) is 2. The lowest BCUT2D eigenvalue weighted by Crippen LogP contribution is -2.17. The summed E-state index contributed by atoms with van der Waals surface area (Å²) in [6.45, 7) is 2.97. The minimum atomic E-state index is -0.408. The Morgan fingerprint density at radius 3 is 2.69 bits per heavy atom. The molecule has 5 heteroatoms. The first-order valence-corrected chi connectivity index (χ1v) is 5.44. The van der Waals surface area contributed by atoms with E-state index in [4.69, 9.17) is 0 Å². The fourth-order valence-corrected chi connectivity index (χ4v) is 1.50. The Morgan fingerprint density at radius 2 is 2.31 bits per heavy atom. The summed E-state index contributed by atoms with van der Waals surface area (Å²) >= 11 is 1.40. The van der Waals surface area contributed by atoms with Crippen LogP contribution in [0.3, 0.4) is 0 Å². The molecular weight excluding hydrogens is 188 g/mol. The van der Waals surface area contributed by atoms with Crippen LogP contribution in [0.4, 0.5) is 0 Å². The number of thioether (sulfide) groups is 1. The van der Waals surface area contributed by atoms with Gasteiger partial charge in [-0.05, 0) is 12.7 Å². The molecule has 0 aliphatic rings. The molecule has 0 heterocycles. The normalized spacial score (nSPS) is 11.5. The number of hydrogen-bond acceptors (Lipinski definition) is 4. The highest BCUT2D eigenvalue weighted by Crippen LogP contribution is 2.15. The molecule has 4 nitrogen and oxygen atoms in total. The fraction of sp³-hybridized carbons (Fsp3) is 0.750. The molecule has 0 aromatic heterocycles. The van der Waals surface area contributed by atoms with Crippen LogP contribution in [0.5, 0.6) is 0 Å². The average molecular weight is 204 g/mol. The van der Waals surface area contributed by atoms with E-state index in [9.17, 15) is 10.1 Å². The van der Waals surface area contributed by atoms with E-state index in [1.165, 1.54) is 11.8 Å². The predicted molar refractivity (Wildman–Crippen MR) is 56.1 cm³/mol. The minimum absolute atomic E-state index is 0.408. The Kier molecular flexibility index (Phi) is 6.40. The molecule has 0 fully saturated rings. The Balaban J connectivity index is 4.14. The lowest BCUT2D eigenvalue weighted by atomic mass is 10.3. The van der Waals surface area contributed by atoms with Gasteiger partial charge in [-0.15, -0.1) is 11.8 Å². The summed E-state index contributed by atoms with van der Waals surface area (Å²) < 4.78 is 0. The molecule has 0 atom stereocenters. The summed E-state index contributed by atoms with van der Waals surface area (Å²) in [4.78, 5) is 11.7. The molecule has 0 saturated carbocycles. The molecule has 0 unspecified atom stereocenters. The van der Waals surface area contributed by atoms with Gasteiger partial charge in [0.1, 0.15) is 5.03 Å². The standard InChI is InChI=1S/C8H16N2O2S/c1-4-5-6-9(2)8(13-3)7-10(11)12/h7H,4-6H2,1-3H3. The second-order valence-electron chi connectivity index (χ2n) is 2.73. The van der Waals surface area contributed by atoms with E-state index >= 15 is 0 Å². The molecule has 0 aliphatic carbocycles. The zero-order valence-corrected chi connectivity index (χ0v) is 9.13. The molecule has 0 amide bonds. The molecule has 0 rings (SSSR count). The third-order valence-electron chi connectivity index (χ3n) is 1.65. The van der Waals surface area contributed by atoms with Gasteiger partial charge in [-0.25, -0.2) is 0 Å². The van der Waals surface area contributed by atoms with Crippen molar-refractivity contribution in [2.75, 3.05) is 19.8 Å². The number of nitro groups is 1. The highest BCUT2D eigenvalue weighted by atomic mass is 32.2. The maximum atomic E-state index is 10.2. The van der Waals surface area contributed by atoms with Gasteiger partial charge in [0.25, 0.3) is 6.20 Å². The van der Waals surface area contributed by atoms with Crippen LogP contribution in [0.25, 0.3) is 0 Å². The van der Waals surface area contributed by atoms with Gasteiger partial charge in [-0.3, -0.25) is 10.1 Å². The first kappa shape index (κ1) is 12.3. The zero-order chi connectivity index (χ0) is 10.3. The third kappa shape index (κ3) is 5.52. The smallest absolute Gasteiger partial charge is 0.264 e. The Hall–Kier alpha value is -0.710. The van der Waals surface area contributed by atoms with E-state index in [1.807, 2.05) is 18.2 Å². The van der Waals surface area contributed by atoms with E-state index in [0.29, 0.717) is 5.03 Å². The molecule has 0 N–H and O–H groups in total. The van der Waals surface area contributed by atoms with Gasteiger partial charge in [0.2, 0.25) is 0 Å². The Labute approximate surface area is 83.1 Å². The molecule has 0 saturated heterocycles. The van der Waals surface area contributed by atoms with Crippen molar-refractivity contribution < 1.29 is 4.92 Å². The van der Waals surface area contributed by atoms with Crippen molar-refractivity contribution in [3.63, 3.8) is 0 Å². The largest absolute Gasteiger partial charge is 0.364 e. The lowest BCUT2D eigenvalue weighted by Gasteiger charge is -2.18. The molecule has 0 aromatic carbocycles. The zero-order valence-electron chi connectivity index (χ0n) is 8.32. The molecule has 0 aromatic rings. The molecule has 13 heavy (non-hydrogen) atoms. The summed E-state index contributed by atoms with van der Waals surface area (Å²) in [5, 5.41) is 10.9. The van der Waals surface area contributed by atoms with Crippen molar-refractivity contribution in [1.29, 1.82) is 0 Å². The number of hydrogen-bond donors (Lipinski definition) is 0. The summed E-state index contributed by atoms with van der Waals surface area (Å²) in [6, 6.07) is 0. The molecule has 76 valence electrons. The van der Waals surface area contributed by atoms with Crippen molar-refractivity contribution in [1.82, 2.24) is 4.90 Å². The third-order valence-corrected chi connectivity index (χ3v) is 2.48. The van der Waals surface area contributed by atoms with Crippen molar-refractivity contribution >= 4 is 11.8 Å². The highest BCUT2D eigenvalue weighted by molar-refractivity contribution is 8.02. The highest BCUT2D eigenvalue weighted by Gasteiger charge is 2.06. The van der Waals surface area contributed by atoms with Crippen LogP contribution in [-0.2, 0) is 0 Å². The minimum Gasteiger partial charge on any atom is -0.364 e. The lowest BCUT2D eigenvalue weighted by molar-refractivity contribution is -0.403. The molecular formula is C8H16N2O2S. The molecule has 0 spiro atoms. The maximum absolute atomic E-state index is 10.2. The number of rotatable bonds is 6. The van der Waals surface area contributed by atoms with E-state index < -0.39 is 4.92 Å². The van der Waals surface area contributed by atoms with Crippen molar-refractivity contribution in [3.8, 4) is 0 Å². The Morgan fingerprint density at radius 1 is 1.69 bits per heavy atom. The quantitative estimate of drug-likeness (QED) is 0.491. The van der Waals surface area contributed by atoms with Crippen molar-refractivity contribution in [3.05, 3.63) is 21.3 Å². The van der Waals surface area contributed by atoms with Gasteiger partial charge in [-0.1, -0.05) is 13.3 Å². The van der Waals surface area contributed by atoms with Crippen LogP contribution in [0.2, 0.25) is 0 Å². The van der Waals surface area contributed by atoms with Crippen molar-refractivity contribution in [2.24, 2.45) is 0 Å². The van der Waals surface area contributed by atoms with Crippen LogP contribution in [-0.4, -0.2) is 29.7 Å². The van der Waals surface area contributed by atoms with E-state index in [0.717, 1.165) is 25.6 Å². The van der Waals surface area contributed by atoms with Crippen molar-refractivity contribution in [2.45, 2.75) is 19.8 Å². The Bertz CT molecular complexity index is 195. The van der Waals surface area contributed by atoms with Gasteiger partial charge in [0.15, 0.2) is 0 Å². The van der Waals surface area contributed by atoms with E-state index in [2.05, 4.69) is 6.92 Å². The maximum Gasteiger partial charge on any atom is 0.264 e. The van der Waals surface area contributed by atoms with Crippen LogP contribution < -0.4 is 0 Å². The SMILES string of the molecule is CCCCN(C)C(=C[N+](=O)[O-])SC. The monoisotopic (exact) mass is 204 g/mol. The summed E-state index contributed by atoms with van der Waals surface area (Å²) in [7, 11) is 1.88. The second kappa shape index (κ2) is 6.77. The van der Waals surface area contributed by atoms with E-state index in [1.54, 1.807) is 0 Å². The summed E-state index contributed by atoms with van der Waals surface area (Å²) in [5.74, 6) is 0. The average Bonchev–Trinajstić information content (AvgIpc) is 2.09.